The number of esters is 1. The summed E-state index contributed by atoms with van der Waals surface area (Å²) in [7, 11) is -4.73. The van der Waals surface area contributed by atoms with Crippen molar-refractivity contribution in [1.82, 2.24) is 5.32 Å². The molecule has 3 atom stereocenters. The van der Waals surface area contributed by atoms with Crippen LogP contribution in [-0.2, 0) is 32.7 Å². The van der Waals surface area contributed by atoms with Gasteiger partial charge in [-0.2, -0.15) is 0 Å². The maximum atomic E-state index is 12.2. The zero-order chi connectivity index (χ0) is 35.7. The van der Waals surface area contributed by atoms with Gasteiger partial charge in [0, 0.05) is 12.8 Å². The fourth-order valence-electron chi connectivity index (χ4n) is 4.81. The first kappa shape index (κ1) is 46.0. The zero-order valence-electron chi connectivity index (χ0n) is 29.8. The number of hydrogen-bond acceptors (Lipinski definition) is 8. The second kappa shape index (κ2) is 32.2. The number of carbonyl (C=O) groups is 3. The van der Waals surface area contributed by atoms with Crippen LogP contribution in [0.15, 0.2) is 24.3 Å². The molecule has 0 heterocycles. The van der Waals surface area contributed by atoms with Crippen molar-refractivity contribution in [2.45, 2.75) is 167 Å². The van der Waals surface area contributed by atoms with Gasteiger partial charge in [0.25, 0.3) is 0 Å². The molecule has 0 aliphatic carbocycles. The van der Waals surface area contributed by atoms with Crippen molar-refractivity contribution in [3.63, 3.8) is 0 Å². The van der Waals surface area contributed by atoms with E-state index in [0.29, 0.717) is 12.8 Å². The summed E-state index contributed by atoms with van der Waals surface area (Å²) in [5.74, 6) is -2.40. The second-order valence-electron chi connectivity index (χ2n) is 12.4. The summed E-state index contributed by atoms with van der Waals surface area (Å²) in [6, 6.07) is -1.54. The fraction of sp³-hybridized carbons (Fsp3) is 0.806. The van der Waals surface area contributed by atoms with E-state index in [-0.39, 0.29) is 12.8 Å². The smallest absolute Gasteiger partial charge is 0.472 e. The van der Waals surface area contributed by atoms with Crippen molar-refractivity contribution < 1.29 is 47.8 Å². The van der Waals surface area contributed by atoms with Gasteiger partial charge in [-0.25, -0.2) is 9.36 Å². The normalized spacial score (nSPS) is 14.2. The number of phosphoric ester groups is 1. The van der Waals surface area contributed by atoms with Gasteiger partial charge in [-0.05, 0) is 44.9 Å². The van der Waals surface area contributed by atoms with E-state index in [1.807, 2.05) is 6.92 Å². The van der Waals surface area contributed by atoms with Gasteiger partial charge in [-0.15, -0.1) is 0 Å². The van der Waals surface area contributed by atoms with E-state index in [1.165, 1.54) is 77.0 Å². The third-order valence-electron chi connectivity index (χ3n) is 7.74. The monoisotopic (exact) mass is 703 g/mol. The minimum atomic E-state index is -4.73. The molecule has 280 valence electrons. The number of aliphatic hydroxyl groups is 1. The number of aliphatic hydroxyl groups excluding tert-OH is 1. The number of unbranched alkanes of at least 4 members (excludes halogenated alkanes) is 16. The predicted molar refractivity (Wildman–Crippen MR) is 189 cm³/mol. The van der Waals surface area contributed by atoms with Gasteiger partial charge < -0.3 is 25.2 Å². The molecule has 0 radical (unpaired) electrons. The Morgan fingerprint density at radius 2 is 1.15 bits per heavy atom. The molecule has 11 nitrogen and oxygen atoms in total. The van der Waals surface area contributed by atoms with Gasteiger partial charge in [0.05, 0.1) is 13.2 Å². The number of hydrogen-bond donors (Lipinski definition) is 4. The van der Waals surface area contributed by atoms with Crippen LogP contribution < -0.4 is 5.32 Å². The molecule has 1 amide bonds. The van der Waals surface area contributed by atoms with Gasteiger partial charge in [0.2, 0.25) is 5.91 Å². The topological polar surface area (TPSA) is 169 Å². The summed E-state index contributed by atoms with van der Waals surface area (Å²) in [6.07, 6.45) is 30.2. The first-order valence-electron chi connectivity index (χ1n) is 18.4. The number of carboxylic acid groups (broad SMARTS) is 1. The van der Waals surface area contributed by atoms with Crippen LogP contribution in [0.1, 0.15) is 155 Å². The highest BCUT2D eigenvalue weighted by atomic mass is 31.2. The molecular weight excluding hydrogens is 637 g/mol. The predicted octanol–water partition coefficient (Wildman–Crippen LogP) is 8.33. The molecule has 0 fully saturated rings. The number of ether oxygens (including phenoxy) is 1. The highest BCUT2D eigenvalue weighted by Crippen LogP contribution is 2.43. The molecule has 0 saturated carbocycles. The Hall–Kier alpha value is -2.04. The number of carbonyl (C=O) groups excluding carboxylic acids is 2. The molecule has 0 spiro atoms. The molecule has 4 N–H and O–H groups in total. The summed E-state index contributed by atoms with van der Waals surface area (Å²) in [6.45, 7) is 2.34. The van der Waals surface area contributed by atoms with Gasteiger partial charge in [-0.1, -0.05) is 122 Å². The van der Waals surface area contributed by atoms with Crippen molar-refractivity contribution in [3.8, 4) is 0 Å². The molecule has 0 aromatic carbocycles. The van der Waals surface area contributed by atoms with Crippen LogP contribution in [0.2, 0.25) is 0 Å². The van der Waals surface area contributed by atoms with Crippen molar-refractivity contribution in [1.29, 1.82) is 0 Å². The first-order chi connectivity index (χ1) is 23.1. The summed E-state index contributed by atoms with van der Waals surface area (Å²) < 4.78 is 26.4. The first-order valence-corrected chi connectivity index (χ1v) is 19.9. The summed E-state index contributed by atoms with van der Waals surface area (Å²) in [4.78, 5) is 45.2. The third kappa shape index (κ3) is 31.2. The van der Waals surface area contributed by atoms with Crippen LogP contribution >= 0.6 is 7.82 Å². The number of phosphoric acid groups is 1. The third-order valence-corrected chi connectivity index (χ3v) is 8.69. The van der Waals surface area contributed by atoms with Crippen LogP contribution in [0.4, 0.5) is 0 Å². The zero-order valence-corrected chi connectivity index (χ0v) is 30.7. The van der Waals surface area contributed by atoms with Crippen molar-refractivity contribution in [2.24, 2.45) is 0 Å². The second-order valence-corrected chi connectivity index (χ2v) is 13.9. The molecule has 0 aromatic rings. The SMILES string of the molecule is CCCCC/C=C\C/C=C\CCCCCCCCCCCCCC(=O)NC(COP(=O)(O)OCC(O)COC(=O)CCCCC)C(=O)O. The minimum absolute atomic E-state index is 0.144. The molecule has 0 saturated heterocycles. The maximum Gasteiger partial charge on any atom is 0.472 e. The maximum absolute atomic E-state index is 12.2. The Balaban J connectivity index is 3.86. The standard InChI is InChI=1S/C36H66NO10P/c1-3-5-7-8-9-10-11-12-13-14-15-16-17-18-19-20-21-22-23-24-26-27-34(39)37-33(36(41)42)31-47-48(43,44)46-30-32(38)29-45-35(40)28-25-6-4-2/h9-10,12-13,32-33,38H,3-8,11,14-31H2,1-2H3,(H,37,39)(H,41,42)(H,43,44)/b10-9-,13-12-. The molecular formula is C36H66NO10P. The molecule has 0 aliphatic heterocycles. The molecule has 0 rings (SSSR count). The highest BCUT2D eigenvalue weighted by molar-refractivity contribution is 7.47. The lowest BCUT2D eigenvalue weighted by molar-refractivity contribution is -0.147. The fourth-order valence-corrected chi connectivity index (χ4v) is 5.59. The Bertz CT molecular complexity index is 926. The average Bonchev–Trinajstić information content (AvgIpc) is 3.05. The Morgan fingerprint density at radius 3 is 1.71 bits per heavy atom. The van der Waals surface area contributed by atoms with E-state index in [4.69, 9.17) is 9.26 Å². The minimum Gasteiger partial charge on any atom is -0.480 e. The number of rotatable bonds is 34. The van der Waals surface area contributed by atoms with E-state index in [2.05, 4.69) is 41.1 Å². The average molecular weight is 704 g/mol. The largest absolute Gasteiger partial charge is 0.480 e. The highest BCUT2D eigenvalue weighted by Gasteiger charge is 2.28. The van der Waals surface area contributed by atoms with Crippen molar-refractivity contribution in [2.75, 3.05) is 19.8 Å². The number of aliphatic carboxylic acids is 1. The molecule has 0 aliphatic rings. The molecule has 3 unspecified atom stereocenters. The summed E-state index contributed by atoms with van der Waals surface area (Å²) in [5.41, 5.74) is 0. The van der Waals surface area contributed by atoms with E-state index in [0.717, 1.165) is 38.5 Å². The molecule has 0 aromatic heterocycles. The Labute approximate surface area is 289 Å². The molecule has 48 heavy (non-hydrogen) atoms. The number of carboxylic acids is 1. The lowest BCUT2D eigenvalue weighted by Gasteiger charge is -2.18. The van der Waals surface area contributed by atoms with Crippen LogP contribution in [0.5, 0.6) is 0 Å². The van der Waals surface area contributed by atoms with Gasteiger partial charge in [0.15, 0.2) is 6.04 Å². The quantitative estimate of drug-likeness (QED) is 0.0221. The van der Waals surface area contributed by atoms with E-state index in [1.54, 1.807) is 0 Å². The van der Waals surface area contributed by atoms with Crippen LogP contribution in [0.3, 0.4) is 0 Å². The van der Waals surface area contributed by atoms with Crippen LogP contribution in [0, 0.1) is 0 Å². The van der Waals surface area contributed by atoms with E-state index in [9.17, 15) is 34.1 Å². The summed E-state index contributed by atoms with van der Waals surface area (Å²) in [5, 5.41) is 21.5. The summed E-state index contributed by atoms with van der Waals surface area (Å²) >= 11 is 0. The van der Waals surface area contributed by atoms with Crippen LogP contribution in [-0.4, -0.2) is 64.9 Å². The van der Waals surface area contributed by atoms with Crippen molar-refractivity contribution >= 4 is 25.7 Å². The van der Waals surface area contributed by atoms with Gasteiger partial charge in [0.1, 0.15) is 12.7 Å². The van der Waals surface area contributed by atoms with Crippen molar-refractivity contribution in [3.05, 3.63) is 24.3 Å². The van der Waals surface area contributed by atoms with Gasteiger partial charge >= 0.3 is 19.8 Å². The number of allylic oxidation sites excluding steroid dienone is 4. The number of amides is 1. The molecule has 12 heteroatoms. The molecule has 0 bridgehead atoms. The van der Waals surface area contributed by atoms with E-state index >= 15 is 0 Å². The van der Waals surface area contributed by atoms with E-state index < -0.39 is 57.6 Å². The Morgan fingerprint density at radius 1 is 0.667 bits per heavy atom. The van der Waals surface area contributed by atoms with Crippen LogP contribution in [0.25, 0.3) is 0 Å². The Kier molecular flexibility index (Phi) is 30.8. The lowest BCUT2D eigenvalue weighted by Crippen LogP contribution is -2.43. The lowest BCUT2D eigenvalue weighted by atomic mass is 10.0. The number of nitrogens with one attached hydrogen (secondary N) is 1. The van der Waals surface area contributed by atoms with Gasteiger partial charge in [-0.3, -0.25) is 18.6 Å².